The van der Waals surface area contributed by atoms with Gasteiger partial charge in [-0.05, 0) is 61.1 Å². The molecule has 39 heavy (non-hydrogen) atoms. The Bertz CT molecular complexity index is 1360. The van der Waals surface area contributed by atoms with Gasteiger partial charge in [0.15, 0.2) is 8.07 Å². The van der Waals surface area contributed by atoms with Crippen LogP contribution < -0.4 is 15.6 Å². The van der Waals surface area contributed by atoms with Crippen LogP contribution in [0.15, 0.2) is 121 Å². The van der Waals surface area contributed by atoms with Crippen molar-refractivity contribution in [3.63, 3.8) is 0 Å². The first-order chi connectivity index (χ1) is 18.8. The van der Waals surface area contributed by atoms with E-state index in [2.05, 4.69) is 163 Å². The molecule has 0 saturated heterocycles. The van der Waals surface area contributed by atoms with Gasteiger partial charge in [-0.3, -0.25) is 0 Å². The fourth-order valence-electron chi connectivity index (χ4n) is 6.11. The normalized spacial score (nSPS) is 15.4. The second kappa shape index (κ2) is 11.4. The van der Waals surface area contributed by atoms with Gasteiger partial charge in [-0.2, -0.15) is 0 Å². The van der Waals surface area contributed by atoms with Crippen molar-refractivity contribution in [2.24, 2.45) is 0 Å². The number of hydrogen-bond donors (Lipinski definition) is 0. The lowest BCUT2D eigenvalue weighted by Crippen LogP contribution is -2.69. The standard InChI is InChI=1S/C38H42Si/c1-27(2)31-15-10-18-35(23-31)39(36-19-11-16-32(24-36)28(3)4,37-20-12-17-33(25-37)29(5)6)38-22-21-34(26-38)30-13-8-7-9-14-30/h7-29,38H,1-6H3. The highest BCUT2D eigenvalue weighted by Crippen LogP contribution is 2.36. The van der Waals surface area contributed by atoms with Crippen molar-refractivity contribution in [1.29, 1.82) is 0 Å². The van der Waals surface area contributed by atoms with Crippen LogP contribution >= 0.6 is 0 Å². The highest BCUT2D eigenvalue weighted by Gasteiger charge is 2.46. The summed E-state index contributed by atoms with van der Waals surface area (Å²) in [6.07, 6.45) is 7.43. The van der Waals surface area contributed by atoms with Gasteiger partial charge in [0.2, 0.25) is 0 Å². The maximum Gasteiger partial charge on any atom is 0.158 e. The fraction of sp³-hybridized carbons (Fsp3) is 0.263. The van der Waals surface area contributed by atoms with E-state index in [-0.39, 0.29) is 0 Å². The Kier molecular flexibility index (Phi) is 7.91. The van der Waals surface area contributed by atoms with E-state index in [1.54, 1.807) is 0 Å². The zero-order valence-corrected chi connectivity index (χ0v) is 25.4. The molecule has 4 aromatic rings. The number of allylic oxidation sites excluding steroid dienone is 4. The van der Waals surface area contributed by atoms with Crippen molar-refractivity contribution in [2.75, 3.05) is 0 Å². The van der Waals surface area contributed by atoms with E-state index < -0.39 is 8.07 Å². The predicted octanol–water partition coefficient (Wildman–Crippen LogP) is 8.55. The molecule has 0 saturated carbocycles. The van der Waals surface area contributed by atoms with Gasteiger partial charge in [-0.25, -0.2) is 0 Å². The second-order valence-corrected chi connectivity index (χ2v) is 16.0. The molecule has 1 aliphatic rings. The van der Waals surface area contributed by atoms with E-state index in [0.29, 0.717) is 23.3 Å². The third kappa shape index (κ3) is 5.25. The van der Waals surface area contributed by atoms with Crippen molar-refractivity contribution in [1.82, 2.24) is 0 Å². The van der Waals surface area contributed by atoms with Gasteiger partial charge in [0.1, 0.15) is 0 Å². The molecule has 1 unspecified atom stereocenters. The Morgan fingerprint density at radius 2 is 0.949 bits per heavy atom. The highest BCUT2D eigenvalue weighted by atomic mass is 28.3. The van der Waals surface area contributed by atoms with Gasteiger partial charge < -0.3 is 0 Å². The molecule has 1 atom stereocenters. The van der Waals surface area contributed by atoms with Crippen molar-refractivity contribution in [3.05, 3.63) is 144 Å². The predicted molar refractivity (Wildman–Crippen MR) is 174 cm³/mol. The van der Waals surface area contributed by atoms with E-state index in [1.807, 2.05) is 0 Å². The van der Waals surface area contributed by atoms with Crippen LogP contribution in [-0.4, -0.2) is 8.07 Å². The highest BCUT2D eigenvalue weighted by molar-refractivity contribution is 7.13. The Hall–Kier alpha value is -3.42. The lowest BCUT2D eigenvalue weighted by atomic mass is 10.0. The smallest absolute Gasteiger partial charge is 0.0787 e. The molecule has 198 valence electrons. The van der Waals surface area contributed by atoms with E-state index in [9.17, 15) is 0 Å². The molecule has 0 aliphatic heterocycles. The maximum absolute atomic E-state index is 2.56. The minimum absolute atomic E-state index is 0.306. The first kappa shape index (κ1) is 27.2. The van der Waals surface area contributed by atoms with Gasteiger partial charge >= 0.3 is 0 Å². The number of rotatable bonds is 8. The Morgan fingerprint density at radius 3 is 1.36 bits per heavy atom. The summed E-state index contributed by atoms with van der Waals surface area (Å²) in [4.78, 5) is 0. The van der Waals surface area contributed by atoms with E-state index in [0.717, 1.165) is 0 Å². The molecule has 4 aromatic carbocycles. The van der Waals surface area contributed by atoms with Gasteiger partial charge in [0.25, 0.3) is 0 Å². The summed E-state index contributed by atoms with van der Waals surface area (Å²) in [5, 5.41) is 4.49. The average molecular weight is 527 g/mol. The van der Waals surface area contributed by atoms with Gasteiger partial charge in [0, 0.05) is 5.54 Å². The van der Waals surface area contributed by atoms with Gasteiger partial charge in [-0.1, -0.05) is 163 Å². The summed E-state index contributed by atoms with van der Waals surface area (Å²) < 4.78 is 0. The zero-order valence-electron chi connectivity index (χ0n) is 24.4. The molecule has 0 aromatic heterocycles. The largest absolute Gasteiger partial charge is 0.158 e. The topological polar surface area (TPSA) is 0 Å². The van der Waals surface area contributed by atoms with Crippen LogP contribution in [-0.2, 0) is 0 Å². The Labute approximate surface area is 237 Å². The first-order valence-electron chi connectivity index (χ1n) is 14.6. The summed E-state index contributed by atoms with van der Waals surface area (Å²) >= 11 is 0. The minimum Gasteiger partial charge on any atom is -0.0787 e. The quantitative estimate of drug-likeness (QED) is 0.159. The molecule has 0 radical (unpaired) electrons. The molecule has 0 nitrogen and oxygen atoms in total. The third-order valence-electron chi connectivity index (χ3n) is 8.48. The molecule has 0 bridgehead atoms. The lowest BCUT2D eigenvalue weighted by molar-refractivity contribution is 0.867. The van der Waals surface area contributed by atoms with Crippen molar-refractivity contribution < 1.29 is 0 Å². The molecule has 1 heteroatoms. The van der Waals surface area contributed by atoms with Crippen LogP contribution in [0.2, 0.25) is 5.54 Å². The molecule has 1 aliphatic carbocycles. The third-order valence-corrected chi connectivity index (χ3v) is 13.5. The van der Waals surface area contributed by atoms with Crippen LogP contribution in [0.3, 0.4) is 0 Å². The summed E-state index contributed by atoms with van der Waals surface area (Å²) in [5.41, 5.74) is 7.18. The molecule has 0 heterocycles. The molecule has 0 N–H and O–H groups in total. The Balaban J connectivity index is 1.86. The van der Waals surface area contributed by atoms with E-state index >= 15 is 0 Å². The van der Waals surface area contributed by atoms with E-state index in [1.165, 1.54) is 43.4 Å². The zero-order chi connectivity index (χ0) is 27.6. The van der Waals surface area contributed by atoms with Crippen LogP contribution in [0.25, 0.3) is 5.57 Å². The molecular weight excluding hydrogens is 485 g/mol. The molecule has 0 amide bonds. The van der Waals surface area contributed by atoms with Crippen molar-refractivity contribution in [2.45, 2.75) is 64.8 Å². The van der Waals surface area contributed by atoms with Crippen LogP contribution in [0, 0.1) is 0 Å². The fourth-order valence-corrected chi connectivity index (χ4v) is 11.3. The maximum atomic E-state index is 2.56. The Morgan fingerprint density at radius 1 is 0.513 bits per heavy atom. The van der Waals surface area contributed by atoms with Crippen LogP contribution in [0.4, 0.5) is 0 Å². The van der Waals surface area contributed by atoms with Crippen LogP contribution in [0.1, 0.15) is 81.5 Å². The van der Waals surface area contributed by atoms with Crippen LogP contribution in [0.5, 0.6) is 0 Å². The number of benzene rings is 4. The number of hydrogen-bond acceptors (Lipinski definition) is 0. The molecule has 5 rings (SSSR count). The van der Waals surface area contributed by atoms with Gasteiger partial charge in [-0.15, -0.1) is 0 Å². The first-order valence-corrected chi connectivity index (χ1v) is 16.6. The lowest BCUT2D eigenvalue weighted by Gasteiger charge is -2.39. The summed E-state index contributed by atoms with van der Waals surface area (Å²) in [6, 6.07) is 39.5. The van der Waals surface area contributed by atoms with E-state index in [4.69, 9.17) is 0 Å². The summed E-state index contributed by atoms with van der Waals surface area (Å²) in [6.45, 7) is 13.9. The van der Waals surface area contributed by atoms with Gasteiger partial charge in [0.05, 0.1) is 0 Å². The van der Waals surface area contributed by atoms with Crippen molar-refractivity contribution >= 4 is 29.2 Å². The monoisotopic (exact) mass is 526 g/mol. The molecule has 0 fully saturated rings. The molecule has 0 spiro atoms. The SMILES string of the molecule is CC(C)c1cccc([Si](c2cccc(C(C)C)c2)(c2cccc(C(C)C)c2)C2C=CC(c3ccccc3)=C2)c1. The summed E-state index contributed by atoms with van der Waals surface area (Å²) in [5.74, 6) is 1.44. The second-order valence-electron chi connectivity index (χ2n) is 12.0. The van der Waals surface area contributed by atoms with Crippen molar-refractivity contribution in [3.8, 4) is 0 Å². The summed E-state index contributed by atoms with van der Waals surface area (Å²) in [7, 11) is -2.56. The average Bonchev–Trinajstić information content (AvgIpc) is 3.45. The molecular formula is C38H42Si. The minimum atomic E-state index is -2.56.